The van der Waals surface area contributed by atoms with E-state index in [0.29, 0.717) is 24.9 Å². The van der Waals surface area contributed by atoms with Gasteiger partial charge in [-0.1, -0.05) is 48.5 Å². The Morgan fingerprint density at radius 2 is 1.93 bits per heavy atom. The third-order valence-corrected chi connectivity index (χ3v) is 5.10. The molecule has 0 saturated carbocycles. The molecule has 1 aromatic heterocycles. The number of ether oxygens (including phenoxy) is 1. The number of amides is 1. The summed E-state index contributed by atoms with van der Waals surface area (Å²) in [5.41, 5.74) is 2.59. The molecule has 0 radical (unpaired) electrons. The quantitative estimate of drug-likeness (QED) is 0.565. The second-order valence-corrected chi connectivity index (χ2v) is 7.15. The molecule has 30 heavy (non-hydrogen) atoms. The molecule has 1 atom stereocenters. The van der Waals surface area contributed by atoms with Gasteiger partial charge in [0.25, 0.3) is 5.91 Å². The summed E-state index contributed by atoms with van der Waals surface area (Å²) in [6.45, 7) is 2.76. The third kappa shape index (κ3) is 5.40. The Balaban J connectivity index is 0.00000256. The highest BCUT2D eigenvalue weighted by molar-refractivity contribution is 5.92. The van der Waals surface area contributed by atoms with E-state index in [4.69, 9.17) is 4.74 Å². The molecule has 1 saturated heterocycles. The van der Waals surface area contributed by atoms with Crippen molar-refractivity contribution in [3.63, 3.8) is 0 Å². The van der Waals surface area contributed by atoms with E-state index >= 15 is 0 Å². The van der Waals surface area contributed by atoms with Gasteiger partial charge in [-0.05, 0) is 37.1 Å². The molecule has 1 aliphatic rings. The Hall–Kier alpha value is -2.83. The van der Waals surface area contributed by atoms with Crippen molar-refractivity contribution in [3.05, 3.63) is 72.6 Å². The molecule has 1 fully saturated rings. The smallest absolute Gasteiger partial charge is 0.271 e. The van der Waals surface area contributed by atoms with Gasteiger partial charge in [0.15, 0.2) is 0 Å². The highest BCUT2D eigenvalue weighted by atomic mass is 35.5. The zero-order valence-corrected chi connectivity index (χ0v) is 17.6. The van der Waals surface area contributed by atoms with Gasteiger partial charge in [0, 0.05) is 18.3 Å². The maximum absolute atomic E-state index is 12.4. The van der Waals surface area contributed by atoms with Crippen LogP contribution in [0.1, 0.15) is 29.4 Å². The van der Waals surface area contributed by atoms with E-state index in [1.54, 1.807) is 6.07 Å². The predicted molar refractivity (Wildman–Crippen MR) is 120 cm³/mol. The highest BCUT2D eigenvalue weighted by Gasteiger charge is 2.17. The zero-order chi connectivity index (χ0) is 19.9. The van der Waals surface area contributed by atoms with E-state index < -0.39 is 0 Å². The first-order valence-electron chi connectivity index (χ1n) is 10.1. The van der Waals surface area contributed by atoms with Gasteiger partial charge in [-0.2, -0.15) is 5.10 Å². The lowest BCUT2D eigenvalue weighted by Crippen LogP contribution is -2.32. The van der Waals surface area contributed by atoms with Gasteiger partial charge in [-0.3, -0.25) is 9.48 Å². The summed E-state index contributed by atoms with van der Waals surface area (Å²) in [5, 5.41) is 10.7. The number of nitrogens with one attached hydrogen (secondary N) is 2. The normalized spacial score (nSPS) is 15.8. The van der Waals surface area contributed by atoms with Crippen LogP contribution in [0.25, 0.3) is 11.1 Å². The molecule has 0 bridgehead atoms. The van der Waals surface area contributed by atoms with Crippen LogP contribution < -0.4 is 15.4 Å². The van der Waals surface area contributed by atoms with Gasteiger partial charge in [0.2, 0.25) is 0 Å². The van der Waals surface area contributed by atoms with Crippen molar-refractivity contribution < 1.29 is 9.53 Å². The van der Waals surface area contributed by atoms with Crippen LogP contribution in [0.5, 0.6) is 5.75 Å². The number of para-hydroxylation sites is 1. The van der Waals surface area contributed by atoms with Crippen molar-refractivity contribution in [3.8, 4) is 16.9 Å². The number of rotatable bonds is 7. The van der Waals surface area contributed by atoms with Crippen molar-refractivity contribution in [1.29, 1.82) is 0 Å². The van der Waals surface area contributed by atoms with E-state index in [0.717, 1.165) is 42.8 Å². The highest BCUT2D eigenvalue weighted by Crippen LogP contribution is 2.29. The van der Waals surface area contributed by atoms with Gasteiger partial charge >= 0.3 is 0 Å². The molecule has 1 aliphatic heterocycles. The van der Waals surface area contributed by atoms with Crippen LogP contribution in [0.3, 0.4) is 0 Å². The first kappa shape index (κ1) is 21.9. The lowest BCUT2D eigenvalue weighted by atomic mass is 10.1. The molecule has 158 valence electrons. The molecule has 7 heteroatoms. The Kier molecular flexibility index (Phi) is 7.88. The van der Waals surface area contributed by atoms with E-state index in [-0.39, 0.29) is 18.3 Å². The monoisotopic (exact) mass is 426 g/mol. The van der Waals surface area contributed by atoms with Crippen molar-refractivity contribution in [1.82, 2.24) is 20.4 Å². The summed E-state index contributed by atoms with van der Waals surface area (Å²) in [6, 6.07) is 20.2. The maximum Gasteiger partial charge on any atom is 0.271 e. The van der Waals surface area contributed by atoms with Crippen LogP contribution in [-0.2, 0) is 0 Å². The number of aromatic nitrogens is 2. The lowest BCUT2D eigenvalue weighted by molar-refractivity contribution is 0.0940. The Labute approximate surface area is 183 Å². The Morgan fingerprint density at radius 1 is 1.13 bits per heavy atom. The van der Waals surface area contributed by atoms with Crippen molar-refractivity contribution >= 4 is 18.3 Å². The van der Waals surface area contributed by atoms with E-state index in [9.17, 15) is 4.79 Å². The molecule has 3 aromatic rings. The number of carbonyl (C=O) groups excluding carboxylic acids is 1. The van der Waals surface area contributed by atoms with Crippen LogP contribution >= 0.6 is 12.4 Å². The van der Waals surface area contributed by atoms with Crippen molar-refractivity contribution in [2.75, 3.05) is 26.2 Å². The van der Waals surface area contributed by atoms with E-state index in [2.05, 4.69) is 27.9 Å². The predicted octanol–water partition coefficient (Wildman–Crippen LogP) is 3.71. The minimum absolute atomic E-state index is 0. The van der Waals surface area contributed by atoms with Crippen LogP contribution in [-0.4, -0.2) is 41.9 Å². The standard InChI is InChI=1S/C23H26N4O2.ClH/c28-23(21-12-15-27(26-21)19-9-6-13-24-17-19)25-14-16-29-22-11-5-4-10-20(22)18-7-2-1-3-8-18;/h1-5,7-8,10-12,15,19,24H,6,9,13-14,16-17H2,(H,25,28);1H. The third-order valence-electron chi connectivity index (χ3n) is 5.10. The first-order chi connectivity index (χ1) is 14.3. The summed E-state index contributed by atoms with van der Waals surface area (Å²) in [5.74, 6) is 0.634. The fraction of sp³-hybridized carbons (Fsp3) is 0.304. The van der Waals surface area contributed by atoms with Crippen LogP contribution in [0.4, 0.5) is 0 Å². The van der Waals surface area contributed by atoms with E-state index in [1.165, 1.54) is 0 Å². The number of benzene rings is 2. The molecule has 0 spiro atoms. The molecule has 0 aliphatic carbocycles. The maximum atomic E-state index is 12.4. The molecule has 2 N–H and O–H groups in total. The van der Waals surface area contributed by atoms with Gasteiger partial charge < -0.3 is 15.4 Å². The SMILES string of the molecule is Cl.O=C(NCCOc1ccccc1-c1ccccc1)c1ccn(C2CCCNC2)n1. The average Bonchev–Trinajstić information content (AvgIpc) is 3.29. The molecular formula is C23H27ClN4O2. The zero-order valence-electron chi connectivity index (χ0n) is 16.8. The Bertz CT molecular complexity index is 939. The minimum atomic E-state index is -0.174. The summed E-state index contributed by atoms with van der Waals surface area (Å²) in [7, 11) is 0. The molecule has 4 rings (SSSR count). The summed E-state index contributed by atoms with van der Waals surface area (Å²) in [6.07, 6.45) is 4.11. The number of hydrogen-bond acceptors (Lipinski definition) is 4. The van der Waals surface area contributed by atoms with Gasteiger partial charge in [-0.25, -0.2) is 0 Å². The first-order valence-corrected chi connectivity index (χ1v) is 10.1. The summed E-state index contributed by atoms with van der Waals surface area (Å²) >= 11 is 0. The molecule has 2 heterocycles. The Morgan fingerprint density at radius 3 is 2.73 bits per heavy atom. The number of halogens is 1. The largest absolute Gasteiger partial charge is 0.491 e. The van der Waals surface area contributed by atoms with Crippen LogP contribution in [0.15, 0.2) is 66.9 Å². The number of hydrogen-bond donors (Lipinski definition) is 2. The lowest BCUT2D eigenvalue weighted by Gasteiger charge is -2.22. The summed E-state index contributed by atoms with van der Waals surface area (Å²) < 4.78 is 7.83. The number of piperidine rings is 1. The minimum Gasteiger partial charge on any atom is -0.491 e. The molecule has 1 unspecified atom stereocenters. The van der Waals surface area contributed by atoms with E-state index in [1.807, 2.05) is 53.3 Å². The fourth-order valence-electron chi connectivity index (χ4n) is 3.59. The van der Waals surface area contributed by atoms with Crippen molar-refractivity contribution in [2.24, 2.45) is 0 Å². The number of nitrogens with zero attached hydrogens (tertiary/aromatic N) is 2. The van der Waals surface area contributed by atoms with Gasteiger partial charge in [0.05, 0.1) is 12.6 Å². The average molecular weight is 427 g/mol. The van der Waals surface area contributed by atoms with Crippen molar-refractivity contribution in [2.45, 2.75) is 18.9 Å². The molecule has 2 aromatic carbocycles. The fourth-order valence-corrected chi connectivity index (χ4v) is 3.59. The van der Waals surface area contributed by atoms with Crippen LogP contribution in [0.2, 0.25) is 0 Å². The molecular weight excluding hydrogens is 400 g/mol. The molecule has 6 nitrogen and oxygen atoms in total. The topological polar surface area (TPSA) is 68.2 Å². The second kappa shape index (κ2) is 10.8. The van der Waals surface area contributed by atoms with Gasteiger partial charge in [-0.15, -0.1) is 12.4 Å². The van der Waals surface area contributed by atoms with Gasteiger partial charge in [0.1, 0.15) is 18.1 Å². The summed E-state index contributed by atoms with van der Waals surface area (Å²) in [4.78, 5) is 12.4. The number of carbonyl (C=O) groups is 1. The van der Waals surface area contributed by atoms with Crippen LogP contribution in [0, 0.1) is 0 Å². The second-order valence-electron chi connectivity index (χ2n) is 7.15. The molecule has 1 amide bonds.